The van der Waals surface area contributed by atoms with Crippen LogP contribution in [0.5, 0.6) is 11.5 Å². The van der Waals surface area contributed by atoms with Crippen LogP contribution in [0, 0.1) is 5.41 Å². The number of fused-ring (bicyclic) bond motifs is 1. The molecular weight excluding hydrogens is 466 g/mol. The lowest BCUT2D eigenvalue weighted by Crippen LogP contribution is -2.28. The fraction of sp³-hybridized carbons (Fsp3) is 0.414. The molecule has 0 bridgehead atoms. The number of anilines is 2. The smallest absolute Gasteiger partial charge is 0.150 e. The van der Waals surface area contributed by atoms with Gasteiger partial charge < -0.3 is 19.1 Å². The molecule has 1 fully saturated rings. The number of hydrogen-bond donors (Lipinski definition) is 0. The van der Waals surface area contributed by atoms with E-state index in [1.54, 1.807) is 14.2 Å². The molecule has 1 unspecified atom stereocenters. The minimum Gasteiger partial charge on any atom is -0.497 e. The van der Waals surface area contributed by atoms with Crippen LogP contribution >= 0.6 is 0 Å². The van der Waals surface area contributed by atoms with Gasteiger partial charge in [-0.25, -0.2) is 9.67 Å². The molecule has 0 saturated carbocycles. The Morgan fingerprint density at radius 1 is 0.973 bits per heavy atom. The Morgan fingerprint density at radius 3 is 2.43 bits per heavy atom. The number of hydrogen-bond acceptors (Lipinski definition) is 7. The van der Waals surface area contributed by atoms with Crippen molar-refractivity contribution < 1.29 is 14.2 Å². The summed E-state index contributed by atoms with van der Waals surface area (Å²) in [5.74, 6) is 1.49. The minimum absolute atomic E-state index is 0.00618. The Morgan fingerprint density at radius 2 is 1.76 bits per heavy atom. The lowest BCUT2D eigenvalue weighted by Gasteiger charge is -2.32. The van der Waals surface area contributed by atoms with Crippen LogP contribution in [0.15, 0.2) is 55.0 Å². The predicted molar refractivity (Wildman–Crippen MR) is 146 cm³/mol. The van der Waals surface area contributed by atoms with E-state index in [1.807, 2.05) is 47.5 Å². The molecule has 4 aromatic rings. The number of rotatable bonds is 7. The van der Waals surface area contributed by atoms with Crippen LogP contribution in [0.1, 0.15) is 46.3 Å². The average molecular weight is 502 g/mol. The quantitative estimate of drug-likeness (QED) is 0.290. The van der Waals surface area contributed by atoms with E-state index >= 15 is 0 Å². The van der Waals surface area contributed by atoms with Gasteiger partial charge in [-0.3, -0.25) is 4.98 Å². The molecule has 1 saturated heterocycles. The summed E-state index contributed by atoms with van der Waals surface area (Å²) in [6.07, 6.45) is 8.89. The molecule has 2 aromatic carbocycles. The van der Waals surface area contributed by atoms with E-state index in [1.165, 1.54) is 0 Å². The maximum Gasteiger partial charge on any atom is 0.150 e. The van der Waals surface area contributed by atoms with Crippen molar-refractivity contribution in [2.45, 2.75) is 46.3 Å². The molecule has 5 rings (SSSR count). The van der Waals surface area contributed by atoms with Crippen LogP contribution in [-0.4, -0.2) is 47.1 Å². The van der Waals surface area contributed by atoms with Crippen molar-refractivity contribution in [1.82, 2.24) is 19.7 Å². The van der Waals surface area contributed by atoms with Gasteiger partial charge >= 0.3 is 0 Å². The maximum absolute atomic E-state index is 5.88. The third-order valence-corrected chi connectivity index (χ3v) is 6.47. The maximum atomic E-state index is 5.88. The molecule has 37 heavy (non-hydrogen) atoms. The fourth-order valence-corrected chi connectivity index (χ4v) is 4.62. The van der Waals surface area contributed by atoms with Crippen LogP contribution < -0.4 is 14.4 Å². The van der Waals surface area contributed by atoms with Crippen molar-refractivity contribution in [1.29, 1.82) is 0 Å². The Kier molecular flexibility index (Phi) is 7.02. The van der Waals surface area contributed by atoms with Crippen LogP contribution in [0.4, 0.5) is 11.4 Å². The van der Waals surface area contributed by atoms with Gasteiger partial charge in [-0.1, -0.05) is 20.8 Å². The summed E-state index contributed by atoms with van der Waals surface area (Å²) in [6, 6.07) is 12.2. The van der Waals surface area contributed by atoms with Crippen LogP contribution in [-0.2, 0) is 4.74 Å². The summed E-state index contributed by atoms with van der Waals surface area (Å²) >= 11 is 0. The highest BCUT2D eigenvalue weighted by Crippen LogP contribution is 2.36. The molecule has 0 spiro atoms. The normalized spacial score (nSPS) is 16.1. The summed E-state index contributed by atoms with van der Waals surface area (Å²) in [6.45, 7) is 8.25. The molecule has 1 aliphatic heterocycles. The molecule has 0 aliphatic carbocycles. The summed E-state index contributed by atoms with van der Waals surface area (Å²) in [4.78, 5) is 11.9. The fourth-order valence-electron chi connectivity index (χ4n) is 4.62. The Bertz CT molecular complexity index is 1350. The first-order chi connectivity index (χ1) is 17.8. The SMILES string of the molecule is COc1cc(OC)cc(N(CC(C)(C)C)c2ccc3ncc(-c4cnn(C5CCCCO5)c4)nc3c2)c1. The van der Waals surface area contributed by atoms with Gasteiger partial charge in [0, 0.05) is 54.5 Å². The zero-order chi connectivity index (χ0) is 26.0. The topological polar surface area (TPSA) is 74.5 Å². The molecule has 3 heterocycles. The van der Waals surface area contributed by atoms with Gasteiger partial charge in [0.25, 0.3) is 0 Å². The Balaban J connectivity index is 1.52. The van der Waals surface area contributed by atoms with Gasteiger partial charge in [0.05, 0.1) is 43.3 Å². The largest absolute Gasteiger partial charge is 0.497 e. The first-order valence-electron chi connectivity index (χ1n) is 12.8. The molecular formula is C29H35N5O3. The summed E-state index contributed by atoms with van der Waals surface area (Å²) in [5.41, 5.74) is 5.43. The number of aromatic nitrogens is 4. The lowest BCUT2D eigenvalue weighted by molar-refractivity contribution is -0.0394. The number of methoxy groups -OCH3 is 2. The number of ether oxygens (including phenoxy) is 3. The molecule has 0 N–H and O–H groups in total. The number of benzene rings is 2. The van der Waals surface area contributed by atoms with Crippen LogP contribution in [0.2, 0.25) is 0 Å². The third-order valence-electron chi connectivity index (χ3n) is 6.47. The van der Waals surface area contributed by atoms with Gasteiger partial charge in [-0.15, -0.1) is 0 Å². The Hall–Kier alpha value is -3.65. The van der Waals surface area contributed by atoms with Gasteiger partial charge in [0.2, 0.25) is 0 Å². The van der Waals surface area contributed by atoms with Gasteiger partial charge in [-0.05, 0) is 42.9 Å². The van der Waals surface area contributed by atoms with E-state index in [0.29, 0.717) is 0 Å². The van der Waals surface area contributed by atoms with Crippen LogP contribution in [0.3, 0.4) is 0 Å². The highest BCUT2D eigenvalue weighted by molar-refractivity contribution is 5.82. The summed E-state index contributed by atoms with van der Waals surface area (Å²) in [7, 11) is 3.34. The van der Waals surface area contributed by atoms with Gasteiger partial charge in [0.15, 0.2) is 0 Å². The minimum atomic E-state index is -0.00618. The van der Waals surface area contributed by atoms with E-state index < -0.39 is 0 Å². The first kappa shape index (κ1) is 25.0. The molecule has 2 aromatic heterocycles. The van der Waals surface area contributed by atoms with Crippen molar-refractivity contribution in [2.24, 2.45) is 5.41 Å². The molecule has 8 heteroatoms. The highest BCUT2D eigenvalue weighted by Gasteiger charge is 2.21. The average Bonchev–Trinajstić information content (AvgIpc) is 3.41. The molecule has 8 nitrogen and oxygen atoms in total. The van der Waals surface area contributed by atoms with Crippen molar-refractivity contribution in [3.63, 3.8) is 0 Å². The second kappa shape index (κ2) is 10.4. The predicted octanol–water partition coefficient (Wildman–Crippen LogP) is 6.39. The summed E-state index contributed by atoms with van der Waals surface area (Å²) < 4.78 is 18.9. The van der Waals surface area contributed by atoms with E-state index in [4.69, 9.17) is 24.2 Å². The van der Waals surface area contributed by atoms with Gasteiger partial charge in [0.1, 0.15) is 17.7 Å². The van der Waals surface area contributed by atoms with E-state index in [-0.39, 0.29) is 11.6 Å². The van der Waals surface area contributed by atoms with Gasteiger partial charge in [-0.2, -0.15) is 5.10 Å². The monoisotopic (exact) mass is 501 g/mol. The second-order valence-corrected chi connectivity index (χ2v) is 10.7. The highest BCUT2D eigenvalue weighted by atomic mass is 16.5. The lowest BCUT2D eigenvalue weighted by atomic mass is 9.95. The third kappa shape index (κ3) is 5.69. The zero-order valence-electron chi connectivity index (χ0n) is 22.3. The van der Waals surface area contributed by atoms with E-state index in [0.717, 1.165) is 77.6 Å². The van der Waals surface area contributed by atoms with Crippen molar-refractivity contribution >= 4 is 22.4 Å². The number of nitrogens with zero attached hydrogens (tertiary/aromatic N) is 5. The van der Waals surface area contributed by atoms with Crippen molar-refractivity contribution in [2.75, 3.05) is 32.3 Å². The summed E-state index contributed by atoms with van der Waals surface area (Å²) in [5, 5.41) is 4.55. The second-order valence-electron chi connectivity index (χ2n) is 10.7. The van der Waals surface area contributed by atoms with Crippen molar-refractivity contribution in [3.05, 3.63) is 55.0 Å². The molecule has 1 aliphatic rings. The zero-order valence-corrected chi connectivity index (χ0v) is 22.3. The Labute approximate surface area is 218 Å². The molecule has 0 amide bonds. The first-order valence-corrected chi connectivity index (χ1v) is 12.8. The van der Waals surface area contributed by atoms with Crippen LogP contribution in [0.25, 0.3) is 22.3 Å². The molecule has 0 radical (unpaired) electrons. The van der Waals surface area contributed by atoms with E-state index in [2.05, 4.69) is 42.9 Å². The molecule has 194 valence electrons. The van der Waals surface area contributed by atoms with Crippen molar-refractivity contribution in [3.8, 4) is 22.8 Å². The standard InChI is InChI=1S/C29H35N5O3/c1-29(2,3)19-33(22-12-23(35-4)15-24(13-22)36-5)21-9-10-25-26(14-21)32-27(17-30-25)20-16-31-34(18-20)28-8-6-7-11-37-28/h9-10,12-18,28H,6-8,11,19H2,1-5H3. The van der Waals surface area contributed by atoms with E-state index in [9.17, 15) is 0 Å². The molecule has 1 atom stereocenters.